The van der Waals surface area contributed by atoms with Crippen molar-refractivity contribution in [3.05, 3.63) is 0 Å². The van der Waals surface area contributed by atoms with Gasteiger partial charge in [0.05, 0.1) is 19.1 Å². The number of halogens is 1. The number of hydrogen-bond donors (Lipinski definition) is 1. The second kappa shape index (κ2) is 9.59. The predicted molar refractivity (Wildman–Crippen MR) is 76.2 cm³/mol. The minimum atomic E-state index is 0. The van der Waals surface area contributed by atoms with Crippen molar-refractivity contribution >= 4 is 18.3 Å². The molecule has 0 bridgehead atoms. The molecule has 1 fully saturated rings. The Hall–Kier alpha value is -0.320. The van der Waals surface area contributed by atoms with Gasteiger partial charge in [-0.25, -0.2) is 0 Å². The maximum Gasteiger partial charge on any atom is 0.224 e. The molecule has 1 aliphatic rings. The largest absolute Gasteiger partial charge is 0.378 e. The Morgan fingerprint density at radius 1 is 1.28 bits per heavy atom. The summed E-state index contributed by atoms with van der Waals surface area (Å²) in [5.41, 5.74) is 0. The molecule has 5 heteroatoms. The third-order valence-corrected chi connectivity index (χ3v) is 2.99. The van der Waals surface area contributed by atoms with Gasteiger partial charge >= 0.3 is 0 Å². The fourth-order valence-corrected chi connectivity index (χ4v) is 2.15. The van der Waals surface area contributed by atoms with Gasteiger partial charge in [-0.3, -0.25) is 4.79 Å². The average molecular weight is 279 g/mol. The topological polar surface area (TPSA) is 41.6 Å². The molecule has 0 aromatic carbocycles. The van der Waals surface area contributed by atoms with E-state index in [1.54, 1.807) is 0 Å². The second-order valence-electron chi connectivity index (χ2n) is 5.19. The molecule has 1 atom stereocenters. The number of rotatable bonds is 6. The van der Waals surface area contributed by atoms with Crippen LogP contribution in [0, 0.1) is 5.92 Å². The van der Waals surface area contributed by atoms with Crippen molar-refractivity contribution in [3.63, 3.8) is 0 Å². The lowest BCUT2D eigenvalue weighted by Gasteiger charge is -2.27. The highest BCUT2D eigenvalue weighted by molar-refractivity contribution is 5.85. The van der Waals surface area contributed by atoms with E-state index in [0.29, 0.717) is 18.9 Å². The van der Waals surface area contributed by atoms with Crippen LogP contribution in [0.15, 0.2) is 0 Å². The van der Waals surface area contributed by atoms with Crippen molar-refractivity contribution < 1.29 is 9.53 Å². The van der Waals surface area contributed by atoms with E-state index in [9.17, 15) is 4.79 Å². The molecule has 1 aliphatic heterocycles. The molecule has 0 aromatic rings. The number of hydrogen-bond acceptors (Lipinski definition) is 3. The van der Waals surface area contributed by atoms with E-state index in [1.807, 2.05) is 4.90 Å². The van der Waals surface area contributed by atoms with Gasteiger partial charge in [-0.1, -0.05) is 13.8 Å². The monoisotopic (exact) mass is 278 g/mol. The van der Waals surface area contributed by atoms with Crippen LogP contribution in [0.1, 0.15) is 33.6 Å². The number of carbonyl (C=O) groups excluding carboxylic acids is 1. The number of piperazine rings is 1. The molecule has 108 valence electrons. The third kappa shape index (κ3) is 7.19. The smallest absolute Gasteiger partial charge is 0.224 e. The molecule has 4 nitrogen and oxygen atoms in total. The summed E-state index contributed by atoms with van der Waals surface area (Å²) in [6, 6.07) is 0. The molecule has 1 heterocycles. The quantitative estimate of drug-likeness (QED) is 0.804. The molecule has 0 radical (unpaired) electrons. The highest BCUT2D eigenvalue weighted by atomic mass is 35.5. The van der Waals surface area contributed by atoms with Gasteiger partial charge in [0.25, 0.3) is 0 Å². The summed E-state index contributed by atoms with van der Waals surface area (Å²) in [6.45, 7) is 10.5. The molecule has 0 aliphatic carbocycles. The number of nitrogens with zero attached hydrogens (tertiary/aromatic N) is 1. The first-order chi connectivity index (χ1) is 8.09. The van der Waals surface area contributed by atoms with E-state index >= 15 is 0 Å². The minimum Gasteiger partial charge on any atom is -0.378 e. The van der Waals surface area contributed by atoms with Gasteiger partial charge in [0.15, 0.2) is 0 Å². The Morgan fingerprint density at radius 2 is 1.89 bits per heavy atom. The van der Waals surface area contributed by atoms with Crippen LogP contribution in [0.25, 0.3) is 0 Å². The molecule has 1 rings (SSSR count). The maximum atomic E-state index is 11.8. The fourth-order valence-electron chi connectivity index (χ4n) is 2.15. The Labute approximate surface area is 117 Å². The molecule has 0 saturated carbocycles. The summed E-state index contributed by atoms with van der Waals surface area (Å²) in [5, 5.41) is 3.24. The van der Waals surface area contributed by atoms with Gasteiger partial charge in [0.2, 0.25) is 5.91 Å². The van der Waals surface area contributed by atoms with Crippen molar-refractivity contribution in [2.45, 2.75) is 39.7 Å². The summed E-state index contributed by atoms with van der Waals surface area (Å²) in [4.78, 5) is 13.7. The average Bonchev–Trinajstić information content (AvgIpc) is 2.29. The van der Waals surface area contributed by atoms with E-state index in [0.717, 1.165) is 32.6 Å². The number of nitrogens with one attached hydrogen (secondary N) is 1. The lowest BCUT2D eigenvalue weighted by atomic mass is 10.1. The summed E-state index contributed by atoms with van der Waals surface area (Å²) in [6.07, 6.45) is 1.83. The van der Waals surface area contributed by atoms with Crippen molar-refractivity contribution in [2.75, 3.05) is 32.8 Å². The molecule has 1 amide bonds. The van der Waals surface area contributed by atoms with Crippen LogP contribution >= 0.6 is 12.4 Å². The highest BCUT2D eigenvalue weighted by Gasteiger charge is 2.16. The minimum absolute atomic E-state index is 0. The van der Waals surface area contributed by atoms with Gasteiger partial charge in [0, 0.05) is 26.2 Å². The summed E-state index contributed by atoms with van der Waals surface area (Å²) >= 11 is 0. The van der Waals surface area contributed by atoms with Crippen LogP contribution in [0.2, 0.25) is 0 Å². The standard InChI is InChI=1S/C13H26N2O2.ClH/c1-11(2)10-12(3)17-9-4-13(16)15-7-5-14-6-8-15;/h11-12,14H,4-10H2,1-3H3;1H. The van der Waals surface area contributed by atoms with Crippen molar-refractivity contribution in [2.24, 2.45) is 5.92 Å². The Morgan fingerprint density at radius 3 is 2.44 bits per heavy atom. The van der Waals surface area contributed by atoms with Crippen molar-refractivity contribution in [3.8, 4) is 0 Å². The Kier molecular flexibility index (Phi) is 9.42. The second-order valence-corrected chi connectivity index (χ2v) is 5.19. The van der Waals surface area contributed by atoms with Crippen molar-refractivity contribution in [1.29, 1.82) is 0 Å². The lowest BCUT2D eigenvalue weighted by molar-refractivity contribution is -0.133. The van der Waals surface area contributed by atoms with Gasteiger partial charge in [-0.2, -0.15) is 0 Å². The fraction of sp³-hybridized carbons (Fsp3) is 0.923. The van der Waals surface area contributed by atoms with Gasteiger partial charge in [-0.05, 0) is 19.3 Å². The molecule has 1 unspecified atom stereocenters. The zero-order valence-electron chi connectivity index (χ0n) is 11.8. The zero-order valence-corrected chi connectivity index (χ0v) is 12.6. The zero-order chi connectivity index (χ0) is 12.7. The summed E-state index contributed by atoms with van der Waals surface area (Å²) < 4.78 is 5.65. The van der Waals surface area contributed by atoms with Crippen LogP contribution in [0.4, 0.5) is 0 Å². The summed E-state index contributed by atoms with van der Waals surface area (Å²) in [7, 11) is 0. The van der Waals surface area contributed by atoms with E-state index in [1.165, 1.54) is 0 Å². The molecule has 0 spiro atoms. The van der Waals surface area contributed by atoms with Crippen LogP contribution in [0.3, 0.4) is 0 Å². The van der Waals surface area contributed by atoms with E-state index in [4.69, 9.17) is 4.74 Å². The van der Waals surface area contributed by atoms with Crippen LogP contribution in [-0.4, -0.2) is 49.7 Å². The van der Waals surface area contributed by atoms with Crippen LogP contribution < -0.4 is 5.32 Å². The predicted octanol–water partition coefficient (Wildman–Crippen LogP) is 1.68. The SMILES string of the molecule is CC(C)CC(C)OCCC(=O)N1CCNCC1.Cl. The first-order valence-electron chi connectivity index (χ1n) is 6.69. The molecule has 18 heavy (non-hydrogen) atoms. The molecule has 1 saturated heterocycles. The molecular formula is C13H27ClN2O2. The number of ether oxygens (including phenoxy) is 1. The lowest BCUT2D eigenvalue weighted by Crippen LogP contribution is -2.46. The molecular weight excluding hydrogens is 252 g/mol. The number of carbonyl (C=O) groups is 1. The number of amides is 1. The Bertz CT molecular complexity index is 231. The van der Waals surface area contributed by atoms with E-state index in [2.05, 4.69) is 26.1 Å². The molecule has 1 N–H and O–H groups in total. The van der Waals surface area contributed by atoms with Gasteiger partial charge < -0.3 is 15.0 Å². The first kappa shape index (κ1) is 17.7. The normalized spacial score (nSPS) is 17.4. The van der Waals surface area contributed by atoms with Crippen molar-refractivity contribution in [1.82, 2.24) is 10.2 Å². The Balaban J connectivity index is 0.00000289. The van der Waals surface area contributed by atoms with Gasteiger partial charge in [-0.15, -0.1) is 12.4 Å². The maximum absolute atomic E-state index is 11.8. The van der Waals surface area contributed by atoms with E-state index in [-0.39, 0.29) is 24.4 Å². The van der Waals surface area contributed by atoms with Gasteiger partial charge in [0.1, 0.15) is 0 Å². The third-order valence-electron chi connectivity index (χ3n) is 2.99. The van der Waals surface area contributed by atoms with Crippen LogP contribution in [-0.2, 0) is 9.53 Å². The summed E-state index contributed by atoms with van der Waals surface area (Å²) in [5.74, 6) is 0.872. The first-order valence-corrected chi connectivity index (χ1v) is 6.69. The van der Waals surface area contributed by atoms with E-state index < -0.39 is 0 Å². The highest BCUT2D eigenvalue weighted by Crippen LogP contribution is 2.08. The molecule has 0 aromatic heterocycles. The van der Waals surface area contributed by atoms with Crippen LogP contribution in [0.5, 0.6) is 0 Å².